The number of fused-ring (bicyclic) bond motifs is 2. The Morgan fingerprint density at radius 2 is 2.07 bits per heavy atom. The average molecular weight is 383 g/mol. The van der Waals surface area contributed by atoms with E-state index in [0.717, 1.165) is 4.90 Å². The van der Waals surface area contributed by atoms with E-state index in [0.29, 0.717) is 16.9 Å². The van der Waals surface area contributed by atoms with E-state index in [9.17, 15) is 18.8 Å². The lowest BCUT2D eigenvalue weighted by Crippen LogP contribution is -2.48. The molecule has 4 amide bonds. The number of carbonyl (C=O) groups excluding carboxylic acids is 3. The summed E-state index contributed by atoms with van der Waals surface area (Å²) in [5.41, 5.74) is 0.0453. The normalized spacial score (nSPS) is 20.6. The Bertz CT molecular complexity index is 993. The largest absolute Gasteiger partial charge is 0.493 e. The van der Waals surface area contributed by atoms with Gasteiger partial charge in [0, 0.05) is 17.7 Å². The van der Waals surface area contributed by atoms with Crippen LogP contribution in [0.15, 0.2) is 42.5 Å². The van der Waals surface area contributed by atoms with Crippen LogP contribution in [0, 0.1) is 12.7 Å². The predicted molar refractivity (Wildman–Crippen MR) is 98.2 cm³/mol. The number of imide groups is 1. The van der Waals surface area contributed by atoms with E-state index < -0.39 is 35.7 Å². The molecule has 2 aromatic rings. The first kappa shape index (κ1) is 18.0. The van der Waals surface area contributed by atoms with Gasteiger partial charge in [0.05, 0.1) is 6.61 Å². The summed E-state index contributed by atoms with van der Waals surface area (Å²) in [5, 5.41) is 5.24. The minimum atomic E-state index is -1.23. The molecule has 0 saturated carbocycles. The highest BCUT2D eigenvalue weighted by Gasteiger charge is 2.55. The second-order valence-electron chi connectivity index (χ2n) is 6.83. The van der Waals surface area contributed by atoms with Crippen molar-refractivity contribution in [3.05, 3.63) is 59.4 Å². The van der Waals surface area contributed by atoms with Crippen molar-refractivity contribution in [3.63, 3.8) is 0 Å². The molecule has 1 atom stereocenters. The Morgan fingerprint density at radius 3 is 2.86 bits per heavy atom. The van der Waals surface area contributed by atoms with Crippen molar-refractivity contribution >= 4 is 23.5 Å². The van der Waals surface area contributed by atoms with Gasteiger partial charge in [0.25, 0.3) is 5.91 Å². The Hall–Kier alpha value is -3.42. The number of urea groups is 1. The number of aryl methyl sites for hydroxylation is 1. The van der Waals surface area contributed by atoms with Gasteiger partial charge in [-0.15, -0.1) is 0 Å². The first-order valence-electron chi connectivity index (χ1n) is 8.83. The molecule has 0 radical (unpaired) electrons. The van der Waals surface area contributed by atoms with Gasteiger partial charge in [0.1, 0.15) is 18.1 Å². The highest BCUT2D eigenvalue weighted by atomic mass is 19.1. The van der Waals surface area contributed by atoms with E-state index in [2.05, 4.69) is 10.6 Å². The number of hydrogen-bond donors (Lipinski definition) is 2. The zero-order valence-electron chi connectivity index (χ0n) is 15.1. The fraction of sp³-hybridized carbons (Fsp3) is 0.250. The van der Waals surface area contributed by atoms with Crippen molar-refractivity contribution in [2.24, 2.45) is 0 Å². The average Bonchev–Trinajstić information content (AvgIpc) is 2.90. The molecule has 2 N–H and O–H groups in total. The van der Waals surface area contributed by atoms with Crippen LogP contribution in [0.25, 0.3) is 0 Å². The number of para-hydroxylation sites is 1. The Balaban J connectivity index is 1.54. The SMILES string of the molecule is Cc1ccc(NC(=O)CN2C(=O)N[C@@]3(CCOc4ccccc43)C2=O)cc1F. The van der Waals surface area contributed by atoms with Gasteiger partial charge in [0.15, 0.2) is 5.54 Å². The van der Waals surface area contributed by atoms with Crippen LogP contribution in [0.4, 0.5) is 14.9 Å². The third-order valence-corrected chi connectivity index (χ3v) is 5.01. The molecule has 0 aromatic heterocycles. The molecule has 2 heterocycles. The standard InChI is InChI=1S/C20H18FN3O4/c1-12-6-7-13(10-15(12)21)22-17(25)11-24-18(26)20(23-19(24)27)8-9-28-16-5-3-2-4-14(16)20/h2-7,10H,8-9,11H2,1H3,(H,22,25)(H,23,27)/t20-/m1/s1. The molecule has 1 saturated heterocycles. The summed E-state index contributed by atoms with van der Waals surface area (Å²) in [5.74, 6) is -1.02. The van der Waals surface area contributed by atoms with E-state index in [4.69, 9.17) is 4.74 Å². The Morgan fingerprint density at radius 1 is 1.29 bits per heavy atom. The highest BCUT2D eigenvalue weighted by Crippen LogP contribution is 2.40. The summed E-state index contributed by atoms with van der Waals surface area (Å²) in [6, 6.07) is 10.6. The monoisotopic (exact) mass is 383 g/mol. The van der Waals surface area contributed by atoms with Crippen LogP contribution in [0.2, 0.25) is 0 Å². The molecule has 1 fully saturated rings. The molecule has 144 valence electrons. The van der Waals surface area contributed by atoms with E-state index in [1.807, 2.05) is 0 Å². The van der Waals surface area contributed by atoms with Crippen molar-refractivity contribution in [2.75, 3.05) is 18.5 Å². The maximum Gasteiger partial charge on any atom is 0.325 e. The number of nitrogens with one attached hydrogen (secondary N) is 2. The Kier molecular flexibility index (Phi) is 4.26. The first-order valence-corrected chi connectivity index (χ1v) is 8.83. The van der Waals surface area contributed by atoms with Crippen LogP contribution in [-0.4, -0.2) is 35.9 Å². The van der Waals surface area contributed by atoms with E-state index in [1.54, 1.807) is 37.3 Å². The lowest BCUT2D eigenvalue weighted by atomic mass is 9.84. The molecular weight excluding hydrogens is 365 g/mol. The zero-order valence-corrected chi connectivity index (χ0v) is 15.1. The Labute approximate surface area is 160 Å². The van der Waals surface area contributed by atoms with Gasteiger partial charge in [0.2, 0.25) is 5.91 Å². The van der Waals surface area contributed by atoms with Crippen LogP contribution in [0.3, 0.4) is 0 Å². The highest BCUT2D eigenvalue weighted by molar-refractivity contribution is 6.10. The van der Waals surface area contributed by atoms with Gasteiger partial charge in [-0.1, -0.05) is 24.3 Å². The molecule has 28 heavy (non-hydrogen) atoms. The van der Waals surface area contributed by atoms with Crippen molar-refractivity contribution in [3.8, 4) is 5.75 Å². The van der Waals surface area contributed by atoms with E-state index in [1.165, 1.54) is 12.1 Å². The van der Waals surface area contributed by atoms with Gasteiger partial charge in [-0.25, -0.2) is 9.18 Å². The summed E-state index contributed by atoms with van der Waals surface area (Å²) in [6.07, 6.45) is 0.274. The molecule has 0 unspecified atom stereocenters. The maximum absolute atomic E-state index is 13.6. The van der Waals surface area contributed by atoms with Crippen LogP contribution >= 0.6 is 0 Å². The number of benzene rings is 2. The van der Waals surface area contributed by atoms with Crippen LogP contribution in [0.5, 0.6) is 5.75 Å². The van der Waals surface area contributed by atoms with E-state index in [-0.39, 0.29) is 18.7 Å². The topological polar surface area (TPSA) is 87.7 Å². The second-order valence-corrected chi connectivity index (χ2v) is 6.83. The number of hydrogen-bond acceptors (Lipinski definition) is 4. The smallest absolute Gasteiger partial charge is 0.325 e. The van der Waals surface area contributed by atoms with E-state index >= 15 is 0 Å². The molecule has 2 aromatic carbocycles. The minimum absolute atomic E-state index is 0.256. The number of nitrogens with zero attached hydrogens (tertiary/aromatic N) is 1. The number of ether oxygens (including phenoxy) is 1. The van der Waals surface area contributed by atoms with Crippen molar-refractivity contribution in [1.29, 1.82) is 0 Å². The quantitative estimate of drug-likeness (QED) is 0.797. The van der Waals surface area contributed by atoms with Gasteiger partial charge < -0.3 is 15.4 Å². The third-order valence-electron chi connectivity index (χ3n) is 5.01. The summed E-state index contributed by atoms with van der Waals surface area (Å²) in [4.78, 5) is 38.8. The fourth-order valence-corrected chi connectivity index (χ4v) is 3.53. The number of amides is 4. The molecule has 2 aliphatic rings. The molecule has 2 aliphatic heterocycles. The first-order chi connectivity index (χ1) is 13.4. The second kappa shape index (κ2) is 6.63. The lowest BCUT2D eigenvalue weighted by Gasteiger charge is -2.33. The minimum Gasteiger partial charge on any atom is -0.493 e. The third kappa shape index (κ3) is 2.87. The summed E-state index contributed by atoms with van der Waals surface area (Å²) in [6.45, 7) is 1.41. The number of carbonyl (C=O) groups is 3. The molecule has 4 rings (SSSR count). The zero-order chi connectivity index (χ0) is 19.9. The number of anilines is 1. The summed E-state index contributed by atoms with van der Waals surface area (Å²) >= 11 is 0. The van der Waals surface area contributed by atoms with Crippen molar-refractivity contribution < 1.29 is 23.5 Å². The molecule has 1 spiro atoms. The maximum atomic E-state index is 13.6. The molecule has 7 nitrogen and oxygen atoms in total. The summed E-state index contributed by atoms with van der Waals surface area (Å²) < 4.78 is 19.2. The van der Waals surface area contributed by atoms with Gasteiger partial charge in [-0.05, 0) is 30.7 Å². The van der Waals surface area contributed by atoms with Crippen molar-refractivity contribution in [2.45, 2.75) is 18.9 Å². The van der Waals surface area contributed by atoms with Crippen LogP contribution < -0.4 is 15.4 Å². The summed E-state index contributed by atoms with van der Waals surface area (Å²) in [7, 11) is 0. The van der Waals surface area contributed by atoms with Crippen LogP contribution in [-0.2, 0) is 15.1 Å². The van der Waals surface area contributed by atoms with Crippen molar-refractivity contribution in [1.82, 2.24) is 10.2 Å². The van der Waals surface area contributed by atoms with Gasteiger partial charge in [-0.3, -0.25) is 14.5 Å². The molecule has 0 aliphatic carbocycles. The molecule has 8 heteroatoms. The molecule has 0 bridgehead atoms. The lowest BCUT2D eigenvalue weighted by molar-refractivity contribution is -0.135. The predicted octanol–water partition coefficient (Wildman–Crippen LogP) is 2.30. The molecular formula is C20H18FN3O4. The fourth-order valence-electron chi connectivity index (χ4n) is 3.53. The number of halogens is 1. The van der Waals surface area contributed by atoms with Gasteiger partial charge >= 0.3 is 6.03 Å². The van der Waals surface area contributed by atoms with Gasteiger partial charge in [-0.2, -0.15) is 0 Å². The number of rotatable bonds is 3. The van der Waals surface area contributed by atoms with Crippen LogP contribution in [0.1, 0.15) is 17.5 Å².